The Balaban J connectivity index is 0.000000371. The molecule has 0 saturated carbocycles. The third kappa shape index (κ3) is 2.60. The molecule has 0 aliphatic heterocycles. The molecule has 0 amide bonds. The summed E-state index contributed by atoms with van der Waals surface area (Å²) in [6.07, 6.45) is 3.68. The molecule has 0 atom stereocenters. The van der Waals surface area contributed by atoms with Crippen molar-refractivity contribution in [3.63, 3.8) is 0 Å². The van der Waals surface area contributed by atoms with Crippen LogP contribution in [0.5, 0.6) is 0 Å². The van der Waals surface area contributed by atoms with Crippen molar-refractivity contribution < 1.29 is 0 Å². The summed E-state index contributed by atoms with van der Waals surface area (Å²) in [7, 11) is 1.50. The molecule has 2 nitrogen and oxygen atoms in total. The zero-order valence-electron chi connectivity index (χ0n) is 6.76. The van der Waals surface area contributed by atoms with Crippen molar-refractivity contribution in [2.75, 3.05) is 7.05 Å². The molecule has 0 saturated heterocycles. The van der Waals surface area contributed by atoms with Gasteiger partial charge >= 0.3 is 0 Å². The van der Waals surface area contributed by atoms with Gasteiger partial charge in [0, 0.05) is 12.4 Å². The van der Waals surface area contributed by atoms with Gasteiger partial charge in [-0.05, 0) is 38.1 Å². The fraction of sp³-hybridized carbons (Fsp3) is 0.375. The summed E-state index contributed by atoms with van der Waals surface area (Å²) in [5, 5.41) is 0. The Morgan fingerprint density at radius 1 is 1.20 bits per heavy atom. The second-order valence-corrected chi connectivity index (χ2v) is 1.96. The van der Waals surface area contributed by atoms with Gasteiger partial charge in [0.1, 0.15) is 0 Å². The number of hydrogen-bond acceptors (Lipinski definition) is 2. The number of rotatable bonds is 0. The Morgan fingerprint density at radius 3 is 2.10 bits per heavy atom. The van der Waals surface area contributed by atoms with Crippen molar-refractivity contribution in [3.8, 4) is 0 Å². The summed E-state index contributed by atoms with van der Waals surface area (Å²) in [6.45, 7) is 4.14. The van der Waals surface area contributed by atoms with Crippen molar-refractivity contribution in [2.45, 2.75) is 13.8 Å². The van der Waals surface area contributed by atoms with Crippen LogP contribution in [0.4, 0.5) is 0 Å². The lowest BCUT2D eigenvalue weighted by Crippen LogP contribution is -1.78. The molecule has 0 radical (unpaired) electrons. The molecule has 2 N–H and O–H groups in total. The quantitative estimate of drug-likeness (QED) is 0.586. The maximum Gasteiger partial charge on any atom is 0.0299 e. The SMILES string of the molecule is CN.Cc1ccncc1C. The monoisotopic (exact) mass is 138 g/mol. The molecule has 0 aromatic carbocycles. The summed E-state index contributed by atoms with van der Waals surface area (Å²) in [5.74, 6) is 0. The van der Waals surface area contributed by atoms with Crippen LogP contribution in [0, 0.1) is 13.8 Å². The summed E-state index contributed by atoms with van der Waals surface area (Å²) in [6, 6.07) is 2.01. The number of nitrogens with two attached hydrogens (primary N) is 1. The molecule has 0 spiro atoms. The average Bonchev–Trinajstić information content (AvgIpc) is 2.00. The lowest BCUT2D eigenvalue weighted by Gasteiger charge is -1.92. The highest BCUT2D eigenvalue weighted by atomic mass is 14.6. The van der Waals surface area contributed by atoms with Crippen LogP contribution in [0.1, 0.15) is 11.1 Å². The van der Waals surface area contributed by atoms with Gasteiger partial charge in [0.05, 0.1) is 0 Å². The zero-order chi connectivity index (χ0) is 7.98. The third-order valence-corrected chi connectivity index (χ3v) is 1.30. The standard InChI is InChI=1S/C7H9N.CH5N/c1-6-3-4-8-5-7(6)2;1-2/h3-5H,1-2H3;2H2,1H3. The van der Waals surface area contributed by atoms with E-state index in [0.717, 1.165) is 0 Å². The Bertz CT molecular complexity index is 163. The zero-order valence-corrected chi connectivity index (χ0v) is 6.76. The first-order chi connectivity index (χ1) is 4.80. The maximum atomic E-state index is 4.50. The van der Waals surface area contributed by atoms with E-state index in [4.69, 9.17) is 0 Å². The highest BCUT2D eigenvalue weighted by Gasteiger charge is 1.84. The topological polar surface area (TPSA) is 38.9 Å². The molecule has 10 heavy (non-hydrogen) atoms. The molecule has 56 valence electrons. The van der Waals surface area contributed by atoms with E-state index >= 15 is 0 Å². The molecule has 0 aliphatic carbocycles. The van der Waals surface area contributed by atoms with Crippen molar-refractivity contribution in [2.24, 2.45) is 5.73 Å². The van der Waals surface area contributed by atoms with Gasteiger partial charge in [-0.3, -0.25) is 4.98 Å². The normalized spacial score (nSPS) is 8.00. The summed E-state index contributed by atoms with van der Waals surface area (Å²) in [4.78, 5) is 3.95. The van der Waals surface area contributed by atoms with Crippen LogP contribution in [-0.2, 0) is 0 Å². The van der Waals surface area contributed by atoms with Crippen molar-refractivity contribution in [1.82, 2.24) is 4.98 Å². The van der Waals surface area contributed by atoms with E-state index in [2.05, 4.69) is 24.6 Å². The van der Waals surface area contributed by atoms with Crippen LogP contribution in [0.3, 0.4) is 0 Å². The van der Waals surface area contributed by atoms with Crippen LogP contribution < -0.4 is 5.73 Å². The van der Waals surface area contributed by atoms with E-state index in [1.165, 1.54) is 18.2 Å². The van der Waals surface area contributed by atoms with Gasteiger partial charge in [-0.2, -0.15) is 0 Å². The first-order valence-electron chi connectivity index (χ1n) is 3.25. The van der Waals surface area contributed by atoms with E-state index in [1.807, 2.05) is 18.5 Å². The minimum atomic E-state index is 1.26. The van der Waals surface area contributed by atoms with Gasteiger partial charge in [-0.1, -0.05) is 0 Å². The van der Waals surface area contributed by atoms with Gasteiger partial charge in [0.2, 0.25) is 0 Å². The van der Waals surface area contributed by atoms with Crippen LogP contribution >= 0.6 is 0 Å². The molecule has 1 rings (SSSR count). The number of hydrogen-bond donors (Lipinski definition) is 1. The van der Waals surface area contributed by atoms with E-state index in [0.29, 0.717) is 0 Å². The van der Waals surface area contributed by atoms with E-state index in [1.54, 1.807) is 0 Å². The first-order valence-corrected chi connectivity index (χ1v) is 3.25. The van der Waals surface area contributed by atoms with Gasteiger partial charge in [-0.25, -0.2) is 0 Å². The Morgan fingerprint density at radius 2 is 1.80 bits per heavy atom. The smallest absolute Gasteiger partial charge is 0.0299 e. The predicted octanol–water partition coefficient (Wildman–Crippen LogP) is 1.27. The predicted molar refractivity (Wildman–Crippen MR) is 43.8 cm³/mol. The van der Waals surface area contributed by atoms with Gasteiger partial charge < -0.3 is 5.73 Å². The second-order valence-electron chi connectivity index (χ2n) is 1.96. The van der Waals surface area contributed by atoms with E-state index < -0.39 is 0 Å². The molecule has 1 aromatic rings. The molecule has 2 heteroatoms. The Hall–Kier alpha value is -0.890. The largest absolute Gasteiger partial charge is 0.333 e. The van der Waals surface area contributed by atoms with Crippen LogP contribution in [0.15, 0.2) is 18.5 Å². The minimum Gasteiger partial charge on any atom is -0.333 e. The fourth-order valence-electron chi connectivity index (χ4n) is 0.543. The lowest BCUT2D eigenvalue weighted by molar-refractivity contribution is 1.22. The van der Waals surface area contributed by atoms with E-state index in [-0.39, 0.29) is 0 Å². The average molecular weight is 138 g/mol. The van der Waals surface area contributed by atoms with Crippen molar-refractivity contribution >= 4 is 0 Å². The fourth-order valence-corrected chi connectivity index (χ4v) is 0.543. The van der Waals surface area contributed by atoms with Crippen LogP contribution in [0.25, 0.3) is 0 Å². The van der Waals surface area contributed by atoms with Crippen LogP contribution in [-0.4, -0.2) is 12.0 Å². The number of pyridine rings is 1. The first kappa shape index (κ1) is 9.11. The minimum absolute atomic E-state index is 1.26. The van der Waals surface area contributed by atoms with Crippen molar-refractivity contribution in [3.05, 3.63) is 29.6 Å². The van der Waals surface area contributed by atoms with Crippen molar-refractivity contribution in [1.29, 1.82) is 0 Å². The third-order valence-electron chi connectivity index (χ3n) is 1.30. The number of aromatic nitrogens is 1. The van der Waals surface area contributed by atoms with Gasteiger partial charge in [0.15, 0.2) is 0 Å². The molecular weight excluding hydrogens is 124 g/mol. The molecule has 1 aromatic heterocycles. The molecule has 0 unspecified atom stereocenters. The summed E-state index contributed by atoms with van der Waals surface area (Å²) < 4.78 is 0. The Kier molecular flexibility index (Phi) is 4.50. The number of nitrogens with zero attached hydrogens (tertiary/aromatic N) is 1. The number of aryl methyl sites for hydroxylation is 2. The molecule has 0 bridgehead atoms. The molecule has 0 aliphatic rings. The molecular formula is C8H14N2. The summed E-state index contributed by atoms with van der Waals surface area (Å²) >= 11 is 0. The second kappa shape index (κ2) is 4.94. The van der Waals surface area contributed by atoms with Gasteiger partial charge in [-0.15, -0.1) is 0 Å². The van der Waals surface area contributed by atoms with Crippen LogP contribution in [0.2, 0.25) is 0 Å². The maximum absolute atomic E-state index is 4.50. The highest BCUT2D eigenvalue weighted by Crippen LogP contribution is 2.00. The molecule has 1 heterocycles. The summed E-state index contributed by atoms with van der Waals surface area (Å²) in [5.41, 5.74) is 7.06. The van der Waals surface area contributed by atoms with Gasteiger partial charge in [0.25, 0.3) is 0 Å². The Labute approximate surface area is 62.1 Å². The molecule has 0 fully saturated rings. The lowest BCUT2D eigenvalue weighted by atomic mass is 10.2. The highest BCUT2D eigenvalue weighted by molar-refractivity contribution is 5.18. The van der Waals surface area contributed by atoms with E-state index in [9.17, 15) is 0 Å².